The Morgan fingerprint density at radius 2 is 2.00 bits per heavy atom. The SMILES string of the molecule is Cc1ccc(-c2nc(C)c(F)c(NN)n2)cc1Br. The minimum atomic E-state index is -0.535. The van der Waals surface area contributed by atoms with Crippen LogP contribution in [-0.2, 0) is 0 Å². The molecule has 6 heteroatoms. The number of nitrogens with zero attached hydrogens (tertiary/aromatic N) is 2. The van der Waals surface area contributed by atoms with E-state index in [0.717, 1.165) is 15.6 Å². The van der Waals surface area contributed by atoms with Gasteiger partial charge in [-0.1, -0.05) is 28.1 Å². The van der Waals surface area contributed by atoms with Gasteiger partial charge in [0.05, 0.1) is 5.69 Å². The van der Waals surface area contributed by atoms with E-state index in [0.29, 0.717) is 5.82 Å². The van der Waals surface area contributed by atoms with Gasteiger partial charge in [0.15, 0.2) is 17.5 Å². The van der Waals surface area contributed by atoms with Crippen molar-refractivity contribution in [3.05, 3.63) is 39.7 Å². The molecule has 2 rings (SSSR count). The Hall–Kier alpha value is -1.53. The number of nitrogens with two attached hydrogens (primary N) is 1. The number of halogens is 2. The molecule has 0 bridgehead atoms. The number of aromatic nitrogens is 2. The van der Waals surface area contributed by atoms with Crippen LogP contribution in [0.25, 0.3) is 11.4 Å². The molecule has 0 aliphatic heterocycles. The molecule has 2 aromatic rings. The number of benzene rings is 1. The maximum Gasteiger partial charge on any atom is 0.187 e. The van der Waals surface area contributed by atoms with E-state index >= 15 is 0 Å². The Morgan fingerprint density at radius 3 is 2.61 bits per heavy atom. The Labute approximate surface area is 113 Å². The summed E-state index contributed by atoms with van der Waals surface area (Å²) in [6.07, 6.45) is 0. The van der Waals surface area contributed by atoms with Gasteiger partial charge in [0.1, 0.15) is 0 Å². The van der Waals surface area contributed by atoms with Gasteiger partial charge in [-0.2, -0.15) is 0 Å². The molecule has 0 unspecified atom stereocenters. The van der Waals surface area contributed by atoms with Gasteiger partial charge in [-0.15, -0.1) is 0 Å². The fraction of sp³-hybridized carbons (Fsp3) is 0.167. The zero-order valence-electron chi connectivity index (χ0n) is 9.96. The molecular weight excluding hydrogens is 299 g/mol. The van der Waals surface area contributed by atoms with Crippen molar-refractivity contribution in [2.45, 2.75) is 13.8 Å². The summed E-state index contributed by atoms with van der Waals surface area (Å²) in [7, 11) is 0. The van der Waals surface area contributed by atoms with Crippen LogP contribution in [0.4, 0.5) is 10.2 Å². The molecule has 0 spiro atoms. The summed E-state index contributed by atoms with van der Waals surface area (Å²) in [5.41, 5.74) is 4.39. The third-order valence-electron chi connectivity index (χ3n) is 2.58. The zero-order valence-corrected chi connectivity index (χ0v) is 11.5. The number of anilines is 1. The van der Waals surface area contributed by atoms with Crippen molar-refractivity contribution in [1.82, 2.24) is 9.97 Å². The molecule has 0 radical (unpaired) electrons. The third kappa shape index (κ3) is 2.34. The Balaban J connectivity index is 2.57. The second-order valence-corrected chi connectivity index (χ2v) is 4.76. The fourth-order valence-corrected chi connectivity index (χ4v) is 1.89. The molecule has 0 aliphatic carbocycles. The molecule has 0 saturated carbocycles. The minimum Gasteiger partial charge on any atom is -0.306 e. The second kappa shape index (κ2) is 4.99. The summed E-state index contributed by atoms with van der Waals surface area (Å²) in [4.78, 5) is 8.17. The van der Waals surface area contributed by atoms with Crippen molar-refractivity contribution >= 4 is 21.7 Å². The van der Waals surface area contributed by atoms with Crippen LogP contribution in [0.15, 0.2) is 22.7 Å². The summed E-state index contributed by atoms with van der Waals surface area (Å²) < 4.78 is 14.5. The van der Waals surface area contributed by atoms with Crippen LogP contribution in [0.2, 0.25) is 0 Å². The van der Waals surface area contributed by atoms with Crippen molar-refractivity contribution in [3.8, 4) is 11.4 Å². The summed E-state index contributed by atoms with van der Waals surface area (Å²) in [5, 5.41) is 0. The topological polar surface area (TPSA) is 63.8 Å². The molecule has 1 aromatic carbocycles. The molecule has 0 fully saturated rings. The highest BCUT2D eigenvalue weighted by Gasteiger charge is 2.12. The Morgan fingerprint density at radius 1 is 1.28 bits per heavy atom. The van der Waals surface area contributed by atoms with Crippen molar-refractivity contribution < 1.29 is 4.39 Å². The van der Waals surface area contributed by atoms with E-state index in [1.165, 1.54) is 0 Å². The lowest BCUT2D eigenvalue weighted by molar-refractivity contribution is 0.606. The third-order valence-corrected chi connectivity index (χ3v) is 3.44. The lowest BCUT2D eigenvalue weighted by Gasteiger charge is -2.08. The van der Waals surface area contributed by atoms with Crippen LogP contribution >= 0.6 is 15.9 Å². The van der Waals surface area contributed by atoms with E-state index in [-0.39, 0.29) is 11.5 Å². The number of hydrazine groups is 1. The van der Waals surface area contributed by atoms with Gasteiger partial charge in [-0.05, 0) is 25.5 Å². The van der Waals surface area contributed by atoms with E-state index < -0.39 is 5.82 Å². The smallest absolute Gasteiger partial charge is 0.187 e. The average Bonchev–Trinajstić information content (AvgIpc) is 2.36. The molecule has 4 nitrogen and oxygen atoms in total. The molecule has 3 N–H and O–H groups in total. The molecule has 0 atom stereocenters. The average molecular weight is 311 g/mol. The predicted molar refractivity (Wildman–Crippen MR) is 72.4 cm³/mol. The van der Waals surface area contributed by atoms with Gasteiger partial charge in [0.25, 0.3) is 0 Å². The van der Waals surface area contributed by atoms with E-state index in [2.05, 4.69) is 31.3 Å². The van der Waals surface area contributed by atoms with Crippen LogP contribution in [0, 0.1) is 19.7 Å². The van der Waals surface area contributed by atoms with Crippen molar-refractivity contribution in [2.24, 2.45) is 5.84 Å². The zero-order chi connectivity index (χ0) is 13.3. The first kappa shape index (κ1) is 12.9. The van der Waals surface area contributed by atoms with Crippen molar-refractivity contribution in [2.75, 3.05) is 5.43 Å². The monoisotopic (exact) mass is 310 g/mol. The highest BCUT2D eigenvalue weighted by molar-refractivity contribution is 9.10. The first-order valence-corrected chi connectivity index (χ1v) is 6.09. The fourth-order valence-electron chi connectivity index (χ4n) is 1.52. The van der Waals surface area contributed by atoms with Crippen LogP contribution < -0.4 is 11.3 Å². The minimum absolute atomic E-state index is 0.00537. The summed E-state index contributed by atoms with van der Waals surface area (Å²) in [6.45, 7) is 3.56. The number of hydrogen-bond acceptors (Lipinski definition) is 4. The number of nitrogen functional groups attached to an aromatic ring is 1. The van der Waals surface area contributed by atoms with E-state index in [4.69, 9.17) is 5.84 Å². The van der Waals surface area contributed by atoms with E-state index in [9.17, 15) is 4.39 Å². The number of rotatable bonds is 2. The van der Waals surface area contributed by atoms with Crippen LogP contribution in [0.1, 0.15) is 11.3 Å². The highest BCUT2D eigenvalue weighted by Crippen LogP contribution is 2.25. The predicted octanol–water partition coefficient (Wildman–Crippen LogP) is 2.95. The molecule has 94 valence electrons. The molecule has 18 heavy (non-hydrogen) atoms. The van der Waals surface area contributed by atoms with Crippen molar-refractivity contribution in [1.29, 1.82) is 0 Å². The maximum absolute atomic E-state index is 13.6. The first-order valence-electron chi connectivity index (χ1n) is 5.30. The van der Waals surface area contributed by atoms with Gasteiger partial charge >= 0.3 is 0 Å². The Kier molecular flexibility index (Phi) is 3.58. The summed E-state index contributed by atoms with van der Waals surface area (Å²) in [6, 6.07) is 5.71. The summed E-state index contributed by atoms with van der Waals surface area (Å²) >= 11 is 3.44. The summed E-state index contributed by atoms with van der Waals surface area (Å²) in [5.74, 6) is 5.12. The quantitative estimate of drug-likeness (QED) is 0.661. The van der Waals surface area contributed by atoms with Crippen LogP contribution in [-0.4, -0.2) is 9.97 Å². The standard InChI is InChI=1S/C12H12BrFN4/c1-6-3-4-8(5-9(6)13)11-16-7(2)10(14)12(17-11)18-15/h3-5H,15H2,1-2H3,(H,16,17,18). The normalized spacial score (nSPS) is 10.5. The van der Waals surface area contributed by atoms with Crippen molar-refractivity contribution in [3.63, 3.8) is 0 Å². The van der Waals surface area contributed by atoms with Crippen LogP contribution in [0.5, 0.6) is 0 Å². The molecule has 0 saturated heterocycles. The van der Waals surface area contributed by atoms with Gasteiger partial charge in [-0.25, -0.2) is 20.2 Å². The number of hydrogen-bond donors (Lipinski definition) is 2. The molecule has 0 aliphatic rings. The lowest BCUT2D eigenvalue weighted by atomic mass is 10.1. The number of aryl methyl sites for hydroxylation is 2. The Bertz CT molecular complexity index is 601. The van der Waals surface area contributed by atoms with Crippen LogP contribution in [0.3, 0.4) is 0 Å². The van der Waals surface area contributed by atoms with E-state index in [1.54, 1.807) is 6.92 Å². The van der Waals surface area contributed by atoms with Gasteiger partial charge in [0, 0.05) is 10.0 Å². The molecule has 1 aromatic heterocycles. The molecular formula is C12H12BrFN4. The van der Waals surface area contributed by atoms with Gasteiger partial charge in [0.2, 0.25) is 0 Å². The van der Waals surface area contributed by atoms with Gasteiger partial charge < -0.3 is 5.43 Å². The highest BCUT2D eigenvalue weighted by atomic mass is 79.9. The largest absolute Gasteiger partial charge is 0.306 e. The lowest BCUT2D eigenvalue weighted by Crippen LogP contribution is -2.13. The van der Waals surface area contributed by atoms with E-state index in [1.807, 2.05) is 25.1 Å². The second-order valence-electron chi connectivity index (χ2n) is 3.90. The maximum atomic E-state index is 13.6. The van der Waals surface area contributed by atoms with Gasteiger partial charge in [-0.3, -0.25) is 0 Å². The molecule has 1 heterocycles. The molecule has 0 amide bonds. The first-order chi connectivity index (χ1) is 8.52. The number of nitrogens with one attached hydrogen (secondary N) is 1.